The minimum absolute atomic E-state index is 0.223. The Labute approximate surface area is 172 Å². The van der Waals surface area contributed by atoms with E-state index in [0.29, 0.717) is 5.65 Å². The van der Waals surface area contributed by atoms with Gasteiger partial charge in [-0.15, -0.1) is 11.3 Å². The standard InChI is InChI=1S/C21H12FN7S/c22-19-2-1-18(30-19)15-8-23-9-17-13(15)4-16(27-17)20-14-3-11(7-26-21(14)29-28-20)12-5-24-10-25-6-12/h1-10,27H,(H,26,28,29). The summed E-state index contributed by atoms with van der Waals surface area (Å²) in [7, 11) is 0. The number of thiophene rings is 1. The number of nitrogens with zero attached hydrogens (tertiary/aromatic N) is 5. The van der Waals surface area contributed by atoms with Gasteiger partial charge >= 0.3 is 0 Å². The minimum atomic E-state index is -0.223. The molecule has 0 fully saturated rings. The van der Waals surface area contributed by atoms with Crippen LogP contribution in [0.3, 0.4) is 0 Å². The van der Waals surface area contributed by atoms with E-state index in [9.17, 15) is 4.39 Å². The van der Waals surface area contributed by atoms with Crippen molar-refractivity contribution < 1.29 is 4.39 Å². The van der Waals surface area contributed by atoms with Crippen molar-refractivity contribution in [2.24, 2.45) is 0 Å². The van der Waals surface area contributed by atoms with Gasteiger partial charge in [-0.05, 0) is 24.3 Å². The molecule has 0 aromatic carbocycles. The maximum atomic E-state index is 13.6. The lowest BCUT2D eigenvalue weighted by Crippen LogP contribution is -1.85. The zero-order chi connectivity index (χ0) is 20.1. The van der Waals surface area contributed by atoms with E-state index in [1.54, 1.807) is 37.1 Å². The molecule has 30 heavy (non-hydrogen) atoms. The summed E-state index contributed by atoms with van der Waals surface area (Å²) < 4.78 is 13.6. The highest BCUT2D eigenvalue weighted by Gasteiger charge is 2.16. The molecule has 7 nitrogen and oxygen atoms in total. The molecule has 0 radical (unpaired) electrons. The molecule has 0 saturated carbocycles. The quantitative estimate of drug-likeness (QED) is 0.433. The van der Waals surface area contributed by atoms with Crippen LogP contribution < -0.4 is 0 Å². The number of H-pyrrole nitrogens is 2. The number of aromatic amines is 2. The molecule has 0 aliphatic heterocycles. The summed E-state index contributed by atoms with van der Waals surface area (Å²) >= 11 is 1.10. The van der Waals surface area contributed by atoms with Gasteiger partial charge in [-0.2, -0.15) is 9.49 Å². The van der Waals surface area contributed by atoms with Gasteiger partial charge in [0.25, 0.3) is 0 Å². The third-order valence-electron chi connectivity index (χ3n) is 4.95. The number of aromatic nitrogens is 7. The van der Waals surface area contributed by atoms with Crippen LogP contribution in [0.25, 0.3) is 54.9 Å². The normalized spacial score (nSPS) is 11.5. The third kappa shape index (κ3) is 2.67. The van der Waals surface area contributed by atoms with Crippen LogP contribution in [0.1, 0.15) is 0 Å². The largest absolute Gasteiger partial charge is 0.352 e. The third-order valence-corrected chi connectivity index (χ3v) is 5.86. The molecule has 0 saturated heterocycles. The van der Waals surface area contributed by atoms with Crippen LogP contribution in [0, 0.1) is 5.13 Å². The molecule has 2 N–H and O–H groups in total. The summed E-state index contributed by atoms with van der Waals surface area (Å²) in [6.45, 7) is 0. The van der Waals surface area contributed by atoms with Crippen LogP contribution in [0.5, 0.6) is 0 Å². The van der Waals surface area contributed by atoms with Crippen LogP contribution in [0.4, 0.5) is 4.39 Å². The molecule has 6 aromatic rings. The Bertz CT molecular complexity index is 1520. The summed E-state index contributed by atoms with van der Waals surface area (Å²) in [5.74, 6) is 0. The summed E-state index contributed by atoms with van der Waals surface area (Å²) in [5.41, 5.74) is 5.77. The number of hydrogen-bond donors (Lipinski definition) is 2. The highest BCUT2D eigenvalue weighted by molar-refractivity contribution is 7.14. The second-order valence-corrected chi connectivity index (χ2v) is 7.79. The molecule has 144 valence electrons. The van der Waals surface area contributed by atoms with Gasteiger partial charge in [0.05, 0.1) is 17.4 Å². The molecule has 0 spiro atoms. The predicted molar refractivity (Wildman–Crippen MR) is 113 cm³/mol. The zero-order valence-electron chi connectivity index (χ0n) is 15.3. The van der Waals surface area contributed by atoms with Gasteiger partial charge in [0, 0.05) is 57.1 Å². The first kappa shape index (κ1) is 16.9. The Morgan fingerprint density at radius 3 is 2.60 bits per heavy atom. The Morgan fingerprint density at radius 2 is 1.77 bits per heavy atom. The molecule has 9 heteroatoms. The van der Waals surface area contributed by atoms with E-state index in [1.807, 2.05) is 12.1 Å². The summed E-state index contributed by atoms with van der Waals surface area (Å²) in [6, 6.07) is 7.26. The van der Waals surface area contributed by atoms with Crippen molar-refractivity contribution in [3.05, 3.63) is 66.7 Å². The van der Waals surface area contributed by atoms with Crippen molar-refractivity contribution in [1.29, 1.82) is 0 Å². The van der Waals surface area contributed by atoms with E-state index < -0.39 is 0 Å². The maximum Gasteiger partial charge on any atom is 0.176 e. The summed E-state index contributed by atoms with van der Waals surface area (Å²) in [5, 5.41) is 9.07. The lowest BCUT2D eigenvalue weighted by Gasteiger charge is -2.00. The molecule has 0 aliphatic carbocycles. The van der Waals surface area contributed by atoms with Gasteiger partial charge in [0.15, 0.2) is 10.8 Å². The van der Waals surface area contributed by atoms with Crippen molar-refractivity contribution in [3.8, 4) is 33.0 Å². The number of fused-ring (bicyclic) bond motifs is 2. The molecule has 0 aliphatic rings. The second-order valence-electron chi connectivity index (χ2n) is 6.75. The van der Waals surface area contributed by atoms with Gasteiger partial charge in [-0.25, -0.2) is 15.0 Å². The van der Waals surface area contributed by atoms with Crippen LogP contribution in [-0.2, 0) is 0 Å². The Morgan fingerprint density at radius 1 is 0.867 bits per heavy atom. The topological polar surface area (TPSA) is 96.0 Å². The predicted octanol–water partition coefficient (Wildman–Crippen LogP) is 4.83. The summed E-state index contributed by atoms with van der Waals surface area (Å²) in [6.07, 6.45) is 10.3. The number of nitrogens with one attached hydrogen (secondary N) is 2. The lowest BCUT2D eigenvalue weighted by atomic mass is 10.1. The van der Waals surface area contributed by atoms with Gasteiger partial charge in [-0.3, -0.25) is 10.1 Å². The lowest BCUT2D eigenvalue weighted by molar-refractivity contribution is 0.657. The molecule has 0 bridgehead atoms. The van der Waals surface area contributed by atoms with Crippen LogP contribution in [-0.4, -0.2) is 35.1 Å². The SMILES string of the molecule is Fc1ccc(-c2cncc3[nH]c(-c4n[nH]c5ncc(-c6cncnc6)cc45)cc23)s1. The van der Waals surface area contributed by atoms with E-state index in [-0.39, 0.29) is 5.13 Å². The van der Waals surface area contributed by atoms with Crippen LogP contribution in [0.15, 0.2) is 61.6 Å². The van der Waals surface area contributed by atoms with Crippen molar-refractivity contribution in [1.82, 2.24) is 35.1 Å². The fourth-order valence-electron chi connectivity index (χ4n) is 3.55. The monoisotopic (exact) mass is 413 g/mol. The Balaban J connectivity index is 1.52. The second kappa shape index (κ2) is 6.53. The smallest absolute Gasteiger partial charge is 0.176 e. The molecule has 6 rings (SSSR count). The molecular weight excluding hydrogens is 401 g/mol. The fraction of sp³-hybridized carbons (Fsp3) is 0. The molecule has 6 heterocycles. The van der Waals surface area contributed by atoms with E-state index >= 15 is 0 Å². The Kier molecular flexibility index (Phi) is 3.68. The number of rotatable bonds is 3. The highest BCUT2D eigenvalue weighted by atomic mass is 32.1. The molecule has 0 amide bonds. The summed E-state index contributed by atoms with van der Waals surface area (Å²) in [4.78, 5) is 21.2. The molecule has 0 unspecified atom stereocenters. The van der Waals surface area contributed by atoms with Crippen molar-refractivity contribution in [2.75, 3.05) is 0 Å². The molecular formula is C21H12FN7S. The minimum Gasteiger partial charge on any atom is -0.352 e. The van der Waals surface area contributed by atoms with Crippen LogP contribution in [0.2, 0.25) is 0 Å². The van der Waals surface area contributed by atoms with Gasteiger partial charge in [0.2, 0.25) is 0 Å². The van der Waals surface area contributed by atoms with Crippen molar-refractivity contribution >= 4 is 33.3 Å². The van der Waals surface area contributed by atoms with Crippen molar-refractivity contribution in [2.45, 2.75) is 0 Å². The highest BCUT2D eigenvalue weighted by Crippen LogP contribution is 2.36. The number of pyridine rings is 2. The van der Waals surface area contributed by atoms with Gasteiger partial charge in [0.1, 0.15) is 12.0 Å². The first-order chi connectivity index (χ1) is 14.8. The van der Waals surface area contributed by atoms with E-state index in [4.69, 9.17) is 0 Å². The van der Waals surface area contributed by atoms with E-state index in [2.05, 4.69) is 35.1 Å². The maximum absolute atomic E-state index is 13.6. The Hall–Kier alpha value is -3.98. The average molecular weight is 413 g/mol. The molecule has 6 aromatic heterocycles. The average Bonchev–Trinajstić information content (AvgIpc) is 3.51. The first-order valence-corrected chi connectivity index (χ1v) is 9.90. The fourth-order valence-corrected chi connectivity index (χ4v) is 4.30. The molecule has 0 atom stereocenters. The van der Waals surface area contributed by atoms with Crippen LogP contribution >= 0.6 is 11.3 Å². The number of halogens is 1. The first-order valence-electron chi connectivity index (χ1n) is 9.08. The van der Waals surface area contributed by atoms with Gasteiger partial charge in [-0.1, -0.05) is 0 Å². The van der Waals surface area contributed by atoms with E-state index in [0.717, 1.165) is 60.6 Å². The van der Waals surface area contributed by atoms with E-state index in [1.165, 1.54) is 12.4 Å². The number of hydrogen-bond acceptors (Lipinski definition) is 6. The van der Waals surface area contributed by atoms with Crippen molar-refractivity contribution in [3.63, 3.8) is 0 Å². The van der Waals surface area contributed by atoms with Gasteiger partial charge < -0.3 is 4.98 Å². The zero-order valence-corrected chi connectivity index (χ0v) is 16.1.